The lowest BCUT2D eigenvalue weighted by atomic mass is 9.95. The second-order valence-electron chi connectivity index (χ2n) is 5.02. The van der Waals surface area contributed by atoms with Crippen LogP contribution in [0.3, 0.4) is 0 Å². The highest BCUT2D eigenvalue weighted by Crippen LogP contribution is 2.42. The van der Waals surface area contributed by atoms with Crippen LogP contribution >= 0.6 is 0 Å². The number of aryl methyl sites for hydroxylation is 3. The zero-order valence-electron chi connectivity index (χ0n) is 10.1. The third-order valence-corrected chi connectivity index (χ3v) is 3.55. The maximum absolute atomic E-state index is 10.8. The van der Waals surface area contributed by atoms with Crippen LogP contribution in [0.5, 0.6) is 0 Å². The first-order chi connectivity index (χ1) is 7.49. The lowest BCUT2D eigenvalue weighted by Crippen LogP contribution is -2.03. The molecule has 1 fully saturated rings. The smallest absolute Gasteiger partial charge is 0.306 e. The molecule has 1 aliphatic rings. The number of carbonyl (C=O) groups is 1. The first kappa shape index (κ1) is 11.2. The fraction of sp³-hybridized carbons (Fsp3) is 0.500. The van der Waals surface area contributed by atoms with Gasteiger partial charge in [0, 0.05) is 0 Å². The molecule has 1 aromatic rings. The zero-order chi connectivity index (χ0) is 11.9. The second kappa shape index (κ2) is 3.93. The monoisotopic (exact) mass is 218 g/mol. The molecule has 1 saturated carbocycles. The Bertz CT molecular complexity index is 411. The molecule has 2 nitrogen and oxygen atoms in total. The van der Waals surface area contributed by atoms with Crippen LogP contribution < -0.4 is 0 Å². The van der Waals surface area contributed by atoms with Gasteiger partial charge in [0.2, 0.25) is 0 Å². The molecule has 0 aromatic heterocycles. The van der Waals surface area contributed by atoms with Gasteiger partial charge in [-0.3, -0.25) is 4.79 Å². The predicted octanol–water partition coefficient (Wildman–Crippen LogP) is 2.88. The summed E-state index contributed by atoms with van der Waals surface area (Å²) in [5.74, 6) is -0.370. The number of hydrogen-bond acceptors (Lipinski definition) is 1. The first-order valence-electron chi connectivity index (χ1n) is 5.78. The third kappa shape index (κ3) is 2.11. The summed E-state index contributed by atoms with van der Waals surface area (Å²) in [6.45, 7) is 6.34. The van der Waals surface area contributed by atoms with Crippen LogP contribution in [0.15, 0.2) is 12.1 Å². The van der Waals surface area contributed by atoms with E-state index in [1.54, 1.807) is 0 Å². The molecule has 2 atom stereocenters. The van der Waals surface area contributed by atoms with Gasteiger partial charge in [-0.1, -0.05) is 17.7 Å². The van der Waals surface area contributed by atoms with Crippen LogP contribution in [0.1, 0.15) is 28.7 Å². The number of hydrogen-bond donors (Lipinski definition) is 1. The Morgan fingerprint density at radius 1 is 1.31 bits per heavy atom. The van der Waals surface area contributed by atoms with Crippen LogP contribution in [0.4, 0.5) is 0 Å². The predicted molar refractivity (Wildman–Crippen MR) is 63.6 cm³/mol. The molecule has 0 spiro atoms. The minimum atomic E-state index is -0.632. The lowest BCUT2D eigenvalue weighted by molar-refractivity contribution is -0.138. The van der Waals surface area contributed by atoms with Gasteiger partial charge in [-0.25, -0.2) is 0 Å². The summed E-state index contributed by atoms with van der Waals surface area (Å²) in [4.78, 5) is 10.8. The SMILES string of the molecule is Cc1cc(C)c(CC2CC2C(=O)O)c(C)c1. The molecule has 2 rings (SSSR count). The van der Waals surface area contributed by atoms with Crippen molar-refractivity contribution in [2.75, 3.05) is 0 Å². The summed E-state index contributed by atoms with van der Waals surface area (Å²) in [6, 6.07) is 4.36. The summed E-state index contributed by atoms with van der Waals surface area (Å²) >= 11 is 0. The summed E-state index contributed by atoms with van der Waals surface area (Å²) in [5.41, 5.74) is 5.23. The van der Waals surface area contributed by atoms with E-state index in [1.165, 1.54) is 22.3 Å². The highest BCUT2D eigenvalue weighted by molar-refractivity contribution is 5.73. The average molecular weight is 218 g/mol. The Labute approximate surface area is 96.3 Å². The van der Waals surface area contributed by atoms with Gasteiger partial charge in [0.1, 0.15) is 0 Å². The van der Waals surface area contributed by atoms with Gasteiger partial charge in [0.15, 0.2) is 0 Å². The Morgan fingerprint density at radius 2 is 1.88 bits per heavy atom. The Balaban J connectivity index is 2.14. The number of carboxylic acids is 1. The molecule has 2 heteroatoms. The molecule has 0 saturated heterocycles. The highest BCUT2D eigenvalue weighted by atomic mass is 16.4. The van der Waals surface area contributed by atoms with Crippen LogP contribution in [0.25, 0.3) is 0 Å². The van der Waals surface area contributed by atoms with E-state index in [2.05, 4.69) is 32.9 Å². The van der Waals surface area contributed by atoms with E-state index in [1.807, 2.05) is 0 Å². The summed E-state index contributed by atoms with van der Waals surface area (Å²) in [5, 5.41) is 8.88. The van der Waals surface area contributed by atoms with E-state index in [0.29, 0.717) is 5.92 Å². The fourth-order valence-corrected chi connectivity index (χ4v) is 2.57. The maximum atomic E-state index is 10.8. The third-order valence-electron chi connectivity index (χ3n) is 3.55. The number of aliphatic carboxylic acids is 1. The van der Waals surface area contributed by atoms with Gasteiger partial charge in [-0.05, 0) is 56.2 Å². The molecule has 16 heavy (non-hydrogen) atoms. The number of rotatable bonds is 3. The van der Waals surface area contributed by atoms with Crippen LogP contribution in [0.2, 0.25) is 0 Å². The Hall–Kier alpha value is -1.31. The van der Waals surface area contributed by atoms with Gasteiger partial charge in [0.25, 0.3) is 0 Å². The highest BCUT2D eigenvalue weighted by Gasteiger charge is 2.43. The van der Waals surface area contributed by atoms with Crippen molar-refractivity contribution < 1.29 is 9.90 Å². The molecule has 0 radical (unpaired) electrons. The van der Waals surface area contributed by atoms with Crippen molar-refractivity contribution in [2.45, 2.75) is 33.6 Å². The van der Waals surface area contributed by atoms with E-state index in [4.69, 9.17) is 5.11 Å². The Morgan fingerprint density at radius 3 is 2.31 bits per heavy atom. The summed E-state index contributed by atoms with van der Waals surface area (Å²) < 4.78 is 0. The molecule has 0 amide bonds. The van der Waals surface area contributed by atoms with Gasteiger partial charge >= 0.3 is 5.97 Å². The number of carboxylic acid groups (broad SMARTS) is 1. The second-order valence-corrected chi connectivity index (χ2v) is 5.02. The van der Waals surface area contributed by atoms with Crippen LogP contribution in [-0.2, 0) is 11.2 Å². The molecule has 1 N–H and O–H groups in total. The van der Waals surface area contributed by atoms with E-state index in [0.717, 1.165) is 12.8 Å². The molecule has 86 valence electrons. The molecule has 1 aliphatic carbocycles. The molecular weight excluding hydrogens is 200 g/mol. The maximum Gasteiger partial charge on any atom is 0.306 e. The van der Waals surface area contributed by atoms with Gasteiger partial charge in [0.05, 0.1) is 5.92 Å². The van der Waals surface area contributed by atoms with Crippen LogP contribution in [0, 0.1) is 32.6 Å². The molecule has 1 aromatic carbocycles. The summed E-state index contributed by atoms with van der Waals surface area (Å²) in [7, 11) is 0. The minimum Gasteiger partial charge on any atom is -0.481 e. The van der Waals surface area contributed by atoms with Crippen LogP contribution in [-0.4, -0.2) is 11.1 Å². The normalized spacial score (nSPS) is 23.2. The quantitative estimate of drug-likeness (QED) is 0.847. The first-order valence-corrected chi connectivity index (χ1v) is 5.78. The molecular formula is C14H18O2. The van der Waals surface area contributed by atoms with Crippen molar-refractivity contribution >= 4 is 5.97 Å². The van der Waals surface area contributed by atoms with E-state index < -0.39 is 5.97 Å². The largest absolute Gasteiger partial charge is 0.481 e. The van der Waals surface area contributed by atoms with Crippen molar-refractivity contribution in [3.63, 3.8) is 0 Å². The summed E-state index contributed by atoms with van der Waals surface area (Å²) in [6.07, 6.45) is 1.77. The Kier molecular flexibility index (Phi) is 2.75. The zero-order valence-corrected chi connectivity index (χ0v) is 10.1. The average Bonchev–Trinajstić information content (AvgIpc) is 2.90. The number of benzene rings is 1. The van der Waals surface area contributed by atoms with Gasteiger partial charge < -0.3 is 5.11 Å². The standard InChI is InChI=1S/C14H18O2/c1-8-4-9(2)12(10(3)5-8)6-11-7-13(11)14(15)16/h4-5,11,13H,6-7H2,1-3H3,(H,15,16). The van der Waals surface area contributed by atoms with Crippen molar-refractivity contribution in [3.8, 4) is 0 Å². The van der Waals surface area contributed by atoms with E-state index >= 15 is 0 Å². The van der Waals surface area contributed by atoms with E-state index in [-0.39, 0.29) is 5.92 Å². The minimum absolute atomic E-state index is 0.0971. The molecule has 0 heterocycles. The molecule has 2 unspecified atom stereocenters. The molecule has 0 aliphatic heterocycles. The van der Waals surface area contributed by atoms with Crippen molar-refractivity contribution in [1.29, 1.82) is 0 Å². The van der Waals surface area contributed by atoms with Crippen molar-refractivity contribution in [3.05, 3.63) is 34.4 Å². The van der Waals surface area contributed by atoms with Gasteiger partial charge in [-0.15, -0.1) is 0 Å². The van der Waals surface area contributed by atoms with Gasteiger partial charge in [-0.2, -0.15) is 0 Å². The topological polar surface area (TPSA) is 37.3 Å². The molecule has 0 bridgehead atoms. The van der Waals surface area contributed by atoms with E-state index in [9.17, 15) is 4.79 Å². The fourth-order valence-electron chi connectivity index (χ4n) is 2.57. The van der Waals surface area contributed by atoms with Crippen molar-refractivity contribution in [2.24, 2.45) is 11.8 Å². The van der Waals surface area contributed by atoms with Crippen molar-refractivity contribution in [1.82, 2.24) is 0 Å². The lowest BCUT2D eigenvalue weighted by Gasteiger charge is -2.10.